The quantitative estimate of drug-likeness (QED) is 0.685. The minimum absolute atomic E-state index is 0.165. The predicted octanol–water partition coefficient (Wildman–Crippen LogP) is 4.07. The van der Waals surface area contributed by atoms with Crippen LogP contribution in [0.5, 0.6) is 0 Å². The number of anilines is 1. The summed E-state index contributed by atoms with van der Waals surface area (Å²) >= 11 is 1.81. The molecule has 0 saturated carbocycles. The van der Waals surface area contributed by atoms with E-state index in [1.807, 2.05) is 23.5 Å². The van der Waals surface area contributed by atoms with Crippen molar-refractivity contribution < 1.29 is 9.13 Å². The van der Waals surface area contributed by atoms with E-state index in [1.165, 1.54) is 22.2 Å². The number of fused-ring (bicyclic) bond motifs is 3. The number of ether oxygens (including phenoxy) is 1. The molecule has 1 fully saturated rings. The van der Waals surface area contributed by atoms with Crippen molar-refractivity contribution in [2.45, 2.75) is 39.3 Å². The number of aryl methyl sites for hydroxylation is 3. The van der Waals surface area contributed by atoms with Crippen LogP contribution in [0.15, 0.2) is 18.2 Å². The van der Waals surface area contributed by atoms with E-state index >= 15 is 0 Å². The molecule has 152 valence electrons. The standard InChI is InChI=1S/C22H25FN4OS/c1-14-5-6-15(11-17(14)23)12-24-21-20-16-3-2-4-18(16)29-22(20)26-19(25-21)13-27-7-9-28-10-8-27/h5-6,11H,2-4,7-10,12-13H2,1H3,(H,24,25,26). The highest BCUT2D eigenvalue weighted by atomic mass is 32.1. The molecule has 1 aliphatic carbocycles. The number of nitrogens with one attached hydrogen (secondary N) is 1. The lowest BCUT2D eigenvalue weighted by atomic mass is 10.1. The molecule has 0 unspecified atom stereocenters. The third-order valence-electron chi connectivity index (χ3n) is 5.78. The molecule has 1 aromatic carbocycles. The molecule has 29 heavy (non-hydrogen) atoms. The molecule has 2 aromatic heterocycles. The minimum Gasteiger partial charge on any atom is -0.379 e. The van der Waals surface area contributed by atoms with Crippen LogP contribution in [-0.2, 0) is 30.7 Å². The Morgan fingerprint density at radius 1 is 1.21 bits per heavy atom. The molecule has 7 heteroatoms. The number of nitrogens with zero attached hydrogens (tertiary/aromatic N) is 3. The number of aromatic nitrogens is 2. The third-order valence-corrected chi connectivity index (χ3v) is 6.96. The molecule has 1 N–H and O–H groups in total. The van der Waals surface area contributed by atoms with Crippen molar-refractivity contribution in [2.24, 2.45) is 0 Å². The molecule has 0 amide bonds. The topological polar surface area (TPSA) is 50.3 Å². The first-order valence-electron chi connectivity index (χ1n) is 10.3. The Bertz CT molecular complexity index is 1040. The molecule has 5 nitrogen and oxygen atoms in total. The van der Waals surface area contributed by atoms with Crippen molar-refractivity contribution in [1.82, 2.24) is 14.9 Å². The van der Waals surface area contributed by atoms with Crippen molar-refractivity contribution in [3.63, 3.8) is 0 Å². The second-order valence-electron chi connectivity index (χ2n) is 7.85. The van der Waals surface area contributed by atoms with Gasteiger partial charge in [0, 0.05) is 24.5 Å². The van der Waals surface area contributed by atoms with Gasteiger partial charge in [-0.25, -0.2) is 14.4 Å². The van der Waals surface area contributed by atoms with E-state index in [1.54, 1.807) is 13.0 Å². The summed E-state index contributed by atoms with van der Waals surface area (Å²) in [5.41, 5.74) is 2.99. The van der Waals surface area contributed by atoms with Crippen molar-refractivity contribution in [1.29, 1.82) is 0 Å². The molecule has 0 spiro atoms. The van der Waals surface area contributed by atoms with Crippen LogP contribution in [0.25, 0.3) is 10.2 Å². The number of hydrogen-bond donors (Lipinski definition) is 1. The number of rotatable bonds is 5. The fraction of sp³-hybridized carbons (Fsp3) is 0.455. The third kappa shape index (κ3) is 3.86. The molecule has 5 rings (SSSR count). The van der Waals surface area contributed by atoms with Crippen LogP contribution in [0.2, 0.25) is 0 Å². The summed E-state index contributed by atoms with van der Waals surface area (Å²) in [6.07, 6.45) is 3.43. The van der Waals surface area contributed by atoms with Gasteiger partial charge in [0.05, 0.1) is 25.1 Å². The van der Waals surface area contributed by atoms with E-state index in [-0.39, 0.29) is 5.82 Å². The second-order valence-corrected chi connectivity index (χ2v) is 8.94. The van der Waals surface area contributed by atoms with E-state index in [9.17, 15) is 4.39 Å². The SMILES string of the molecule is Cc1ccc(CNc2nc(CN3CCOCC3)nc3sc4c(c23)CCC4)cc1F. The van der Waals surface area contributed by atoms with Crippen LogP contribution in [0.3, 0.4) is 0 Å². The lowest BCUT2D eigenvalue weighted by Gasteiger charge is -2.25. The van der Waals surface area contributed by atoms with E-state index in [0.717, 1.165) is 67.7 Å². The maximum absolute atomic E-state index is 13.9. The van der Waals surface area contributed by atoms with Crippen molar-refractivity contribution in [3.05, 3.63) is 51.4 Å². The fourth-order valence-electron chi connectivity index (χ4n) is 4.13. The number of morpholine rings is 1. The Balaban J connectivity index is 1.46. The van der Waals surface area contributed by atoms with E-state index in [4.69, 9.17) is 14.7 Å². The van der Waals surface area contributed by atoms with Crippen LogP contribution in [-0.4, -0.2) is 41.2 Å². The molecule has 3 heterocycles. The molecule has 1 saturated heterocycles. The number of benzene rings is 1. The Morgan fingerprint density at radius 3 is 2.90 bits per heavy atom. The zero-order valence-corrected chi connectivity index (χ0v) is 17.4. The number of hydrogen-bond acceptors (Lipinski definition) is 6. The Hall–Kier alpha value is -2.09. The van der Waals surface area contributed by atoms with Crippen LogP contribution in [0, 0.1) is 12.7 Å². The van der Waals surface area contributed by atoms with Crippen LogP contribution >= 0.6 is 11.3 Å². The summed E-state index contributed by atoms with van der Waals surface area (Å²) in [4.78, 5) is 14.7. The van der Waals surface area contributed by atoms with Gasteiger partial charge >= 0.3 is 0 Å². The monoisotopic (exact) mass is 412 g/mol. The molecular weight excluding hydrogens is 387 g/mol. The Morgan fingerprint density at radius 2 is 2.07 bits per heavy atom. The summed E-state index contributed by atoms with van der Waals surface area (Å²) in [5.74, 6) is 1.57. The first-order valence-corrected chi connectivity index (χ1v) is 11.1. The normalized spacial score (nSPS) is 17.0. The van der Waals surface area contributed by atoms with Gasteiger partial charge in [-0.15, -0.1) is 11.3 Å². The van der Waals surface area contributed by atoms with Gasteiger partial charge in [0.1, 0.15) is 22.3 Å². The van der Waals surface area contributed by atoms with Crippen molar-refractivity contribution >= 4 is 27.4 Å². The number of halogens is 1. The summed E-state index contributed by atoms with van der Waals surface area (Å²) in [5, 5.41) is 4.66. The largest absolute Gasteiger partial charge is 0.379 e. The Kier molecular flexibility index (Phi) is 5.20. The molecule has 2 aliphatic rings. The highest BCUT2D eigenvalue weighted by Gasteiger charge is 2.23. The average molecular weight is 413 g/mol. The minimum atomic E-state index is -0.165. The van der Waals surface area contributed by atoms with Gasteiger partial charge in [-0.1, -0.05) is 12.1 Å². The van der Waals surface area contributed by atoms with E-state index < -0.39 is 0 Å². The maximum Gasteiger partial charge on any atom is 0.146 e. The highest BCUT2D eigenvalue weighted by molar-refractivity contribution is 7.19. The fourth-order valence-corrected chi connectivity index (χ4v) is 5.41. The summed E-state index contributed by atoms with van der Waals surface area (Å²) < 4.78 is 19.4. The van der Waals surface area contributed by atoms with E-state index in [0.29, 0.717) is 12.1 Å². The first kappa shape index (κ1) is 18.9. The second kappa shape index (κ2) is 7.97. The van der Waals surface area contributed by atoms with Gasteiger partial charge in [-0.2, -0.15) is 0 Å². The molecular formula is C22H25FN4OS. The first-order chi connectivity index (χ1) is 14.2. The lowest BCUT2D eigenvalue weighted by Crippen LogP contribution is -2.36. The van der Waals surface area contributed by atoms with Crippen molar-refractivity contribution in [3.8, 4) is 0 Å². The highest BCUT2D eigenvalue weighted by Crippen LogP contribution is 2.39. The Labute approximate surface area is 173 Å². The average Bonchev–Trinajstić information content (AvgIpc) is 3.30. The molecule has 0 bridgehead atoms. The predicted molar refractivity (Wildman–Crippen MR) is 114 cm³/mol. The van der Waals surface area contributed by atoms with Crippen molar-refractivity contribution in [2.75, 3.05) is 31.6 Å². The van der Waals surface area contributed by atoms with Gasteiger partial charge in [0.2, 0.25) is 0 Å². The summed E-state index contributed by atoms with van der Waals surface area (Å²) in [7, 11) is 0. The zero-order chi connectivity index (χ0) is 19.8. The molecule has 1 aliphatic heterocycles. The van der Waals surface area contributed by atoms with Gasteiger partial charge in [-0.3, -0.25) is 4.90 Å². The van der Waals surface area contributed by atoms with Gasteiger partial charge < -0.3 is 10.1 Å². The van der Waals surface area contributed by atoms with E-state index in [2.05, 4.69) is 10.2 Å². The molecule has 0 radical (unpaired) electrons. The molecule has 0 atom stereocenters. The number of thiophene rings is 1. The molecule has 3 aromatic rings. The van der Waals surface area contributed by atoms with Crippen LogP contribution < -0.4 is 5.32 Å². The van der Waals surface area contributed by atoms with Crippen LogP contribution in [0.4, 0.5) is 10.2 Å². The van der Waals surface area contributed by atoms with Gasteiger partial charge in [0.15, 0.2) is 0 Å². The zero-order valence-electron chi connectivity index (χ0n) is 16.6. The smallest absolute Gasteiger partial charge is 0.146 e. The lowest BCUT2D eigenvalue weighted by molar-refractivity contribution is 0.0331. The van der Waals surface area contributed by atoms with Gasteiger partial charge in [0.25, 0.3) is 0 Å². The summed E-state index contributed by atoms with van der Waals surface area (Å²) in [6, 6.07) is 5.40. The maximum atomic E-state index is 13.9. The summed E-state index contributed by atoms with van der Waals surface area (Å²) in [6.45, 7) is 6.41. The van der Waals surface area contributed by atoms with Gasteiger partial charge in [-0.05, 0) is 48.9 Å². The van der Waals surface area contributed by atoms with Crippen LogP contribution in [0.1, 0.15) is 33.8 Å².